The number of rotatable bonds is 7. The van der Waals surface area contributed by atoms with Crippen molar-refractivity contribution >= 4 is 0 Å². The Morgan fingerprint density at radius 2 is 1.95 bits per heavy atom. The van der Waals surface area contributed by atoms with E-state index >= 15 is 0 Å². The molecule has 0 radical (unpaired) electrons. The first kappa shape index (κ1) is 15.3. The van der Waals surface area contributed by atoms with Crippen LogP contribution >= 0.6 is 0 Å². The van der Waals surface area contributed by atoms with Gasteiger partial charge in [0.15, 0.2) is 11.5 Å². The van der Waals surface area contributed by atoms with Crippen molar-refractivity contribution in [1.29, 1.82) is 0 Å². The summed E-state index contributed by atoms with van der Waals surface area (Å²) in [4.78, 5) is 4.01. The summed E-state index contributed by atoms with van der Waals surface area (Å²) in [6, 6.07) is 9.92. The van der Waals surface area contributed by atoms with Gasteiger partial charge in [0, 0.05) is 18.4 Å². The number of pyridine rings is 1. The van der Waals surface area contributed by atoms with Crippen molar-refractivity contribution in [2.75, 3.05) is 7.11 Å². The molecule has 0 fully saturated rings. The van der Waals surface area contributed by atoms with Gasteiger partial charge in [-0.25, -0.2) is 0 Å². The van der Waals surface area contributed by atoms with Gasteiger partial charge in [-0.3, -0.25) is 4.98 Å². The molecule has 0 aliphatic heterocycles. The van der Waals surface area contributed by atoms with Crippen LogP contribution in [0.1, 0.15) is 24.5 Å². The Balaban J connectivity index is 2.18. The number of hydrogen-bond donors (Lipinski definition) is 1. The maximum atomic E-state index is 6.07. The Bertz CT molecular complexity index is 558. The second-order valence-electron chi connectivity index (χ2n) is 4.97. The van der Waals surface area contributed by atoms with Gasteiger partial charge in [0.1, 0.15) is 6.61 Å². The monoisotopic (exact) mass is 286 g/mol. The van der Waals surface area contributed by atoms with E-state index < -0.39 is 0 Å². The average Bonchev–Trinajstić information content (AvgIpc) is 2.54. The molecule has 1 aromatic carbocycles. The highest BCUT2D eigenvalue weighted by atomic mass is 16.5. The molecular formula is C17H22N2O2. The highest BCUT2D eigenvalue weighted by Crippen LogP contribution is 2.32. The van der Waals surface area contributed by atoms with Gasteiger partial charge < -0.3 is 15.2 Å². The van der Waals surface area contributed by atoms with Crippen molar-refractivity contribution < 1.29 is 9.47 Å². The number of aromatic nitrogens is 1. The van der Waals surface area contributed by atoms with Gasteiger partial charge in [-0.15, -0.1) is 0 Å². The van der Waals surface area contributed by atoms with E-state index in [4.69, 9.17) is 15.2 Å². The molecule has 1 unspecified atom stereocenters. The summed E-state index contributed by atoms with van der Waals surface area (Å²) in [7, 11) is 1.65. The zero-order valence-electron chi connectivity index (χ0n) is 12.6. The van der Waals surface area contributed by atoms with Crippen LogP contribution in [0.15, 0.2) is 42.7 Å². The molecule has 2 aromatic rings. The summed E-state index contributed by atoms with van der Waals surface area (Å²) in [5.74, 6) is 1.52. The number of nitrogens with zero attached hydrogens (tertiary/aromatic N) is 1. The SMILES string of the molecule is CCC(N)Cc1cccc(OC)c1OCc1ccncc1. The van der Waals surface area contributed by atoms with Crippen molar-refractivity contribution in [2.24, 2.45) is 5.73 Å². The van der Waals surface area contributed by atoms with Crippen LogP contribution in [-0.2, 0) is 13.0 Å². The van der Waals surface area contributed by atoms with E-state index in [9.17, 15) is 0 Å². The third-order valence-corrected chi connectivity index (χ3v) is 3.42. The molecule has 0 aliphatic rings. The van der Waals surface area contributed by atoms with Gasteiger partial charge in [-0.05, 0) is 42.2 Å². The number of nitrogens with two attached hydrogens (primary N) is 1. The van der Waals surface area contributed by atoms with E-state index in [1.807, 2.05) is 30.3 Å². The summed E-state index contributed by atoms with van der Waals surface area (Å²) in [5, 5.41) is 0. The van der Waals surface area contributed by atoms with Crippen LogP contribution in [-0.4, -0.2) is 18.1 Å². The number of methoxy groups -OCH3 is 1. The Morgan fingerprint density at radius 1 is 1.19 bits per heavy atom. The van der Waals surface area contributed by atoms with Crippen molar-refractivity contribution in [2.45, 2.75) is 32.4 Å². The number of benzene rings is 1. The molecule has 0 bridgehead atoms. The molecule has 2 N–H and O–H groups in total. The molecule has 21 heavy (non-hydrogen) atoms. The van der Waals surface area contributed by atoms with Gasteiger partial charge in [-0.1, -0.05) is 19.1 Å². The molecule has 0 aliphatic carbocycles. The van der Waals surface area contributed by atoms with Crippen molar-refractivity contribution in [3.63, 3.8) is 0 Å². The predicted molar refractivity (Wildman–Crippen MR) is 83.5 cm³/mol. The molecule has 1 heterocycles. The average molecular weight is 286 g/mol. The zero-order chi connectivity index (χ0) is 15.1. The van der Waals surface area contributed by atoms with Gasteiger partial charge in [0.25, 0.3) is 0 Å². The van der Waals surface area contributed by atoms with Gasteiger partial charge in [0.05, 0.1) is 7.11 Å². The molecule has 2 rings (SSSR count). The fraction of sp³-hybridized carbons (Fsp3) is 0.353. The minimum atomic E-state index is 0.125. The van der Waals surface area contributed by atoms with Crippen LogP contribution in [0.25, 0.3) is 0 Å². The summed E-state index contributed by atoms with van der Waals surface area (Å²) in [5.41, 5.74) is 8.22. The van der Waals surface area contributed by atoms with Gasteiger partial charge in [-0.2, -0.15) is 0 Å². The lowest BCUT2D eigenvalue weighted by Gasteiger charge is -2.17. The summed E-state index contributed by atoms with van der Waals surface area (Å²) < 4.78 is 11.4. The van der Waals surface area contributed by atoms with E-state index in [0.29, 0.717) is 6.61 Å². The van der Waals surface area contributed by atoms with Gasteiger partial charge in [0.2, 0.25) is 0 Å². The lowest BCUT2D eigenvalue weighted by Crippen LogP contribution is -2.21. The molecule has 0 amide bonds. The van der Waals surface area contributed by atoms with Crippen LogP contribution in [0.5, 0.6) is 11.5 Å². The fourth-order valence-electron chi connectivity index (χ4n) is 2.11. The molecule has 0 spiro atoms. The second-order valence-corrected chi connectivity index (χ2v) is 4.97. The molecule has 4 heteroatoms. The Hall–Kier alpha value is -2.07. The van der Waals surface area contributed by atoms with E-state index in [2.05, 4.69) is 11.9 Å². The van der Waals surface area contributed by atoms with E-state index in [1.165, 1.54) is 0 Å². The maximum Gasteiger partial charge on any atom is 0.164 e. The second kappa shape index (κ2) is 7.64. The molecule has 0 saturated heterocycles. The standard InChI is InChI=1S/C17H22N2O2/c1-3-15(18)11-14-5-4-6-16(20-2)17(14)21-12-13-7-9-19-10-8-13/h4-10,15H,3,11-12,18H2,1-2H3. The Kier molecular flexibility index (Phi) is 5.58. The van der Waals surface area contributed by atoms with Crippen LogP contribution < -0.4 is 15.2 Å². The maximum absolute atomic E-state index is 6.07. The highest BCUT2D eigenvalue weighted by Gasteiger charge is 2.13. The summed E-state index contributed by atoms with van der Waals surface area (Å²) in [6.07, 6.45) is 5.23. The molecule has 1 atom stereocenters. The molecule has 0 saturated carbocycles. The van der Waals surface area contributed by atoms with E-state index in [1.54, 1.807) is 19.5 Å². The van der Waals surface area contributed by atoms with Crippen LogP contribution in [0, 0.1) is 0 Å². The lowest BCUT2D eigenvalue weighted by molar-refractivity contribution is 0.280. The number of hydrogen-bond acceptors (Lipinski definition) is 4. The van der Waals surface area contributed by atoms with E-state index in [0.717, 1.165) is 35.5 Å². The van der Waals surface area contributed by atoms with Crippen LogP contribution in [0.3, 0.4) is 0 Å². The Morgan fingerprint density at radius 3 is 2.62 bits per heavy atom. The first-order valence-corrected chi connectivity index (χ1v) is 7.17. The normalized spacial score (nSPS) is 12.0. The third kappa shape index (κ3) is 4.20. The first-order valence-electron chi connectivity index (χ1n) is 7.17. The minimum absolute atomic E-state index is 0.125. The molecule has 1 aromatic heterocycles. The van der Waals surface area contributed by atoms with Crippen LogP contribution in [0.2, 0.25) is 0 Å². The topological polar surface area (TPSA) is 57.4 Å². The fourth-order valence-corrected chi connectivity index (χ4v) is 2.11. The highest BCUT2D eigenvalue weighted by molar-refractivity contribution is 5.47. The Labute approximate surface area is 125 Å². The van der Waals surface area contributed by atoms with E-state index in [-0.39, 0.29) is 6.04 Å². The van der Waals surface area contributed by atoms with Crippen molar-refractivity contribution in [3.05, 3.63) is 53.9 Å². The lowest BCUT2D eigenvalue weighted by atomic mass is 10.0. The van der Waals surface area contributed by atoms with Gasteiger partial charge >= 0.3 is 0 Å². The number of ether oxygens (including phenoxy) is 2. The zero-order valence-corrected chi connectivity index (χ0v) is 12.6. The van der Waals surface area contributed by atoms with Crippen molar-refractivity contribution in [3.8, 4) is 11.5 Å². The van der Waals surface area contributed by atoms with Crippen LogP contribution in [0.4, 0.5) is 0 Å². The third-order valence-electron chi connectivity index (χ3n) is 3.42. The minimum Gasteiger partial charge on any atom is -0.493 e. The summed E-state index contributed by atoms with van der Waals surface area (Å²) >= 11 is 0. The predicted octanol–water partition coefficient (Wildman–Crippen LogP) is 2.95. The molecule has 112 valence electrons. The molecular weight excluding hydrogens is 264 g/mol. The largest absolute Gasteiger partial charge is 0.493 e. The number of para-hydroxylation sites is 1. The quantitative estimate of drug-likeness (QED) is 0.850. The molecule has 4 nitrogen and oxygen atoms in total. The first-order chi connectivity index (χ1) is 10.2. The van der Waals surface area contributed by atoms with Crippen molar-refractivity contribution in [1.82, 2.24) is 4.98 Å². The smallest absolute Gasteiger partial charge is 0.164 e. The summed E-state index contributed by atoms with van der Waals surface area (Å²) in [6.45, 7) is 2.57.